The number of ketones is 1. The Morgan fingerprint density at radius 2 is 1.84 bits per heavy atom. The van der Waals surface area contributed by atoms with Gasteiger partial charge in [-0.2, -0.15) is 0 Å². The largest absolute Gasteiger partial charge is 1.00 e. The Morgan fingerprint density at radius 3 is 2.42 bits per heavy atom. The lowest BCUT2D eigenvalue weighted by Crippen LogP contribution is -3.00. The molecule has 2 heterocycles. The zero-order valence-electron chi connectivity index (χ0n) is 11.1. The molecule has 5 heteroatoms. The minimum Gasteiger partial charge on any atom is -1.00 e. The van der Waals surface area contributed by atoms with Gasteiger partial charge < -0.3 is 21.9 Å². The van der Waals surface area contributed by atoms with Crippen molar-refractivity contribution in [1.82, 2.24) is 4.90 Å². The summed E-state index contributed by atoms with van der Waals surface area (Å²) >= 11 is 0. The highest BCUT2D eigenvalue weighted by Crippen LogP contribution is 2.07. The van der Waals surface area contributed by atoms with E-state index >= 15 is 0 Å². The van der Waals surface area contributed by atoms with E-state index in [1.165, 1.54) is 5.56 Å². The maximum atomic E-state index is 11.9. The van der Waals surface area contributed by atoms with E-state index in [2.05, 4.69) is 0 Å². The number of aryl methyl sites for hydroxylation is 2. The first-order valence-electron chi connectivity index (χ1n) is 6.40. The smallest absolute Gasteiger partial charge is 0.228 e. The number of amides is 1. The first kappa shape index (κ1) is 15.8. The summed E-state index contributed by atoms with van der Waals surface area (Å²) in [6, 6.07) is 4.06. The van der Waals surface area contributed by atoms with Gasteiger partial charge in [0.25, 0.3) is 0 Å². The van der Waals surface area contributed by atoms with Gasteiger partial charge in [0.1, 0.15) is 5.78 Å². The van der Waals surface area contributed by atoms with Crippen LogP contribution in [0.15, 0.2) is 24.5 Å². The highest BCUT2D eigenvalue weighted by Gasteiger charge is 2.21. The summed E-state index contributed by atoms with van der Waals surface area (Å²) in [5, 5.41) is 0. The van der Waals surface area contributed by atoms with E-state index in [1.54, 1.807) is 4.90 Å². The molecule has 0 N–H and O–H groups in total. The van der Waals surface area contributed by atoms with E-state index in [0.717, 1.165) is 0 Å². The lowest BCUT2D eigenvalue weighted by Gasteiger charge is -2.25. The molecule has 2 rings (SSSR count). The molecule has 0 aromatic carbocycles. The average Bonchev–Trinajstić information content (AvgIpc) is 2.38. The Bertz CT molecular complexity index is 435. The molecule has 1 aliphatic heterocycles. The zero-order chi connectivity index (χ0) is 13.0. The molecule has 0 bridgehead atoms. The molecule has 1 amide bonds. The standard InChI is InChI=1S/C14H19N2O2.BrH/c1-12-2-7-15(8-3-12)9-6-14(18)16-10-4-13(17)5-11-16;/h2-3,7-8H,4-6,9-11H2,1H3;1H/q+1;/p-1. The topological polar surface area (TPSA) is 41.3 Å². The van der Waals surface area contributed by atoms with Crippen molar-refractivity contribution in [3.63, 3.8) is 0 Å². The van der Waals surface area contributed by atoms with Crippen molar-refractivity contribution in [3.8, 4) is 0 Å². The van der Waals surface area contributed by atoms with Crippen LogP contribution in [0.3, 0.4) is 0 Å². The molecule has 0 atom stereocenters. The van der Waals surface area contributed by atoms with E-state index in [0.29, 0.717) is 38.9 Å². The summed E-state index contributed by atoms with van der Waals surface area (Å²) in [6.07, 6.45) is 5.51. The van der Waals surface area contributed by atoms with Crippen LogP contribution < -0.4 is 21.5 Å². The number of halogens is 1. The van der Waals surface area contributed by atoms with Crippen molar-refractivity contribution in [2.75, 3.05) is 13.1 Å². The van der Waals surface area contributed by atoms with Crippen molar-refractivity contribution in [2.24, 2.45) is 0 Å². The lowest BCUT2D eigenvalue weighted by molar-refractivity contribution is -0.696. The van der Waals surface area contributed by atoms with Crippen LogP contribution >= 0.6 is 0 Å². The molecular formula is C14H19BrN2O2. The van der Waals surface area contributed by atoms with Gasteiger partial charge in [-0.3, -0.25) is 9.59 Å². The molecule has 0 radical (unpaired) electrons. The predicted molar refractivity (Wildman–Crippen MR) is 66.8 cm³/mol. The first-order chi connectivity index (χ1) is 8.65. The maximum Gasteiger partial charge on any atom is 0.228 e. The Labute approximate surface area is 124 Å². The van der Waals surface area contributed by atoms with E-state index in [4.69, 9.17) is 0 Å². The van der Waals surface area contributed by atoms with Gasteiger partial charge >= 0.3 is 0 Å². The number of likely N-dealkylation sites (tertiary alicyclic amines) is 1. The fourth-order valence-electron chi connectivity index (χ4n) is 2.07. The van der Waals surface area contributed by atoms with Crippen LogP contribution in [0, 0.1) is 6.92 Å². The number of piperidine rings is 1. The van der Waals surface area contributed by atoms with Crippen LogP contribution in [-0.4, -0.2) is 29.7 Å². The molecule has 1 fully saturated rings. The number of aromatic nitrogens is 1. The second-order valence-electron chi connectivity index (χ2n) is 4.78. The number of Topliss-reactive ketones (excluding diaryl/α,β-unsaturated/α-hetero) is 1. The van der Waals surface area contributed by atoms with Crippen molar-refractivity contribution in [3.05, 3.63) is 30.1 Å². The van der Waals surface area contributed by atoms with Crippen LogP contribution in [0.2, 0.25) is 0 Å². The quantitative estimate of drug-likeness (QED) is 0.595. The van der Waals surface area contributed by atoms with Crippen LogP contribution in [-0.2, 0) is 16.1 Å². The summed E-state index contributed by atoms with van der Waals surface area (Å²) in [4.78, 5) is 24.8. The Balaban J connectivity index is 0.00000180. The van der Waals surface area contributed by atoms with Gasteiger partial charge in [-0.1, -0.05) is 0 Å². The van der Waals surface area contributed by atoms with Crippen molar-refractivity contribution in [2.45, 2.75) is 32.7 Å². The molecule has 104 valence electrons. The third-order valence-electron chi connectivity index (χ3n) is 3.32. The van der Waals surface area contributed by atoms with Gasteiger partial charge in [0.15, 0.2) is 18.9 Å². The number of carbonyl (C=O) groups excluding carboxylic acids is 2. The van der Waals surface area contributed by atoms with Crippen LogP contribution in [0.5, 0.6) is 0 Å². The molecule has 4 nitrogen and oxygen atoms in total. The van der Waals surface area contributed by atoms with Crippen molar-refractivity contribution >= 4 is 11.7 Å². The number of pyridine rings is 1. The molecule has 1 aromatic rings. The highest BCUT2D eigenvalue weighted by atomic mass is 79.9. The second kappa shape index (κ2) is 7.38. The maximum absolute atomic E-state index is 11.9. The predicted octanol–water partition coefficient (Wildman–Crippen LogP) is -2.13. The monoisotopic (exact) mass is 326 g/mol. The highest BCUT2D eigenvalue weighted by molar-refractivity contribution is 5.83. The zero-order valence-corrected chi connectivity index (χ0v) is 12.7. The van der Waals surface area contributed by atoms with E-state index < -0.39 is 0 Å². The van der Waals surface area contributed by atoms with Gasteiger partial charge in [-0.15, -0.1) is 0 Å². The first-order valence-corrected chi connectivity index (χ1v) is 6.40. The molecule has 0 unspecified atom stereocenters. The Kier molecular flexibility index (Phi) is 6.15. The second-order valence-corrected chi connectivity index (χ2v) is 4.78. The van der Waals surface area contributed by atoms with E-state index in [1.807, 2.05) is 36.0 Å². The lowest BCUT2D eigenvalue weighted by atomic mass is 10.1. The summed E-state index contributed by atoms with van der Waals surface area (Å²) in [5.41, 5.74) is 1.21. The van der Waals surface area contributed by atoms with Crippen molar-refractivity contribution in [1.29, 1.82) is 0 Å². The summed E-state index contributed by atoms with van der Waals surface area (Å²) in [5.74, 6) is 0.419. The van der Waals surface area contributed by atoms with E-state index in [9.17, 15) is 9.59 Å². The molecule has 0 saturated carbocycles. The third-order valence-corrected chi connectivity index (χ3v) is 3.32. The number of rotatable bonds is 3. The summed E-state index contributed by atoms with van der Waals surface area (Å²) in [7, 11) is 0. The Hall–Kier alpha value is -1.23. The van der Waals surface area contributed by atoms with Gasteiger partial charge in [0.05, 0.1) is 6.42 Å². The Morgan fingerprint density at radius 1 is 1.26 bits per heavy atom. The molecule has 0 aliphatic carbocycles. The fourth-order valence-corrected chi connectivity index (χ4v) is 2.07. The van der Waals surface area contributed by atoms with Crippen LogP contribution in [0.25, 0.3) is 0 Å². The number of nitrogens with zero attached hydrogens (tertiary/aromatic N) is 2. The van der Waals surface area contributed by atoms with Gasteiger partial charge in [0, 0.05) is 38.1 Å². The van der Waals surface area contributed by atoms with Crippen LogP contribution in [0.4, 0.5) is 0 Å². The molecule has 1 aromatic heterocycles. The molecule has 1 aliphatic rings. The van der Waals surface area contributed by atoms with Gasteiger partial charge in [0.2, 0.25) is 5.91 Å². The SMILES string of the molecule is Cc1cc[n+](CCC(=O)N2CCC(=O)CC2)cc1.[Br-]. The third kappa shape index (κ3) is 4.74. The molecule has 19 heavy (non-hydrogen) atoms. The van der Waals surface area contributed by atoms with Crippen LogP contribution in [0.1, 0.15) is 24.8 Å². The summed E-state index contributed by atoms with van der Waals surface area (Å²) < 4.78 is 2.01. The van der Waals surface area contributed by atoms with Gasteiger partial charge in [-0.25, -0.2) is 4.57 Å². The van der Waals surface area contributed by atoms with E-state index in [-0.39, 0.29) is 28.7 Å². The fraction of sp³-hybridized carbons (Fsp3) is 0.500. The number of hydrogen-bond donors (Lipinski definition) is 0. The normalized spacial score (nSPS) is 15.0. The minimum atomic E-state index is 0. The van der Waals surface area contributed by atoms with Crippen molar-refractivity contribution < 1.29 is 31.1 Å². The molecule has 0 spiro atoms. The molecular weight excluding hydrogens is 308 g/mol. The minimum absolute atomic E-state index is 0. The number of hydrogen-bond acceptors (Lipinski definition) is 2. The van der Waals surface area contributed by atoms with Gasteiger partial charge in [-0.05, 0) is 12.5 Å². The summed E-state index contributed by atoms with van der Waals surface area (Å²) in [6.45, 7) is 3.93. The average molecular weight is 327 g/mol. The number of carbonyl (C=O) groups is 2. The molecule has 1 saturated heterocycles.